The van der Waals surface area contributed by atoms with Crippen molar-refractivity contribution in [3.8, 4) is 0 Å². The summed E-state index contributed by atoms with van der Waals surface area (Å²) in [5.41, 5.74) is 1.99. The van der Waals surface area contributed by atoms with Gasteiger partial charge < -0.3 is 4.90 Å². The number of nitro groups is 1. The van der Waals surface area contributed by atoms with Crippen molar-refractivity contribution < 1.29 is 9.72 Å². The highest BCUT2D eigenvalue weighted by Gasteiger charge is 2.30. The van der Waals surface area contributed by atoms with Gasteiger partial charge in [0, 0.05) is 54.9 Å². The van der Waals surface area contributed by atoms with E-state index in [2.05, 4.69) is 18.7 Å². The molecule has 1 heterocycles. The second kappa shape index (κ2) is 9.20. The Labute approximate surface area is 175 Å². The molecule has 2 atom stereocenters. The largest absolute Gasteiger partial charge is 0.334 e. The van der Waals surface area contributed by atoms with Crippen LogP contribution in [0, 0.1) is 10.1 Å². The quantitative estimate of drug-likeness (QED) is 0.414. The number of nitro benzene ring substituents is 1. The first-order valence-electron chi connectivity index (χ1n) is 9.55. The lowest BCUT2D eigenvalue weighted by molar-refractivity contribution is -0.384. The molecule has 7 heteroatoms. The van der Waals surface area contributed by atoms with Crippen molar-refractivity contribution in [2.75, 3.05) is 13.1 Å². The van der Waals surface area contributed by atoms with Gasteiger partial charge in [0.2, 0.25) is 5.91 Å². The van der Waals surface area contributed by atoms with Gasteiger partial charge in [0.25, 0.3) is 5.69 Å². The minimum absolute atomic E-state index is 0.0349. The van der Waals surface area contributed by atoms with Crippen LogP contribution in [0.2, 0.25) is 5.02 Å². The Balaban J connectivity index is 1.60. The number of halogens is 1. The van der Waals surface area contributed by atoms with Gasteiger partial charge in [-0.15, -0.1) is 0 Å². The van der Waals surface area contributed by atoms with Gasteiger partial charge in [-0.1, -0.05) is 23.7 Å². The molecule has 29 heavy (non-hydrogen) atoms. The molecule has 2 aromatic rings. The Morgan fingerprint density at radius 3 is 2.38 bits per heavy atom. The number of carbonyl (C=O) groups excluding carboxylic acids is 1. The number of piperazine rings is 1. The van der Waals surface area contributed by atoms with Gasteiger partial charge in [-0.2, -0.15) is 0 Å². The van der Waals surface area contributed by atoms with Crippen LogP contribution in [-0.2, 0) is 11.3 Å². The highest BCUT2D eigenvalue weighted by molar-refractivity contribution is 6.30. The van der Waals surface area contributed by atoms with Gasteiger partial charge in [0.15, 0.2) is 0 Å². The number of hydrogen-bond donors (Lipinski definition) is 0. The molecule has 152 valence electrons. The van der Waals surface area contributed by atoms with E-state index in [4.69, 9.17) is 11.6 Å². The fourth-order valence-corrected chi connectivity index (χ4v) is 3.65. The van der Waals surface area contributed by atoms with E-state index in [1.807, 2.05) is 29.2 Å². The van der Waals surface area contributed by atoms with E-state index in [0.717, 1.165) is 23.7 Å². The van der Waals surface area contributed by atoms with E-state index in [0.29, 0.717) is 6.54 Å². The highest BCUT2D eigenvalue weighted by atomic mass is 35.5. The number of amides is 1. The molecule has 1 fully saturated rings. The molecule has 0 unspecified atom stereocenters. The number of non-ortho nitro benzene ring substituents is 1. The van der Waals surface area contributed by atoms with Gasteiger partial charge in [-0.3, -0.25) is 19.8 Å². The van der Waals surface area contributed by atoms with Crippen LogP contribution in [0.4, 0.5) is 5.69 Å². The highest BCUT2D eigenvalue weighted by Crippen LogP contribution is 2.20. The molecule has 1 aliphatic heterocycles. The fourth-order valence-electron chi connectivity index (χ4n) is 3.52. The summed E-state index contributed by atoms with van der Waals surface area (Å²) in [6, 6.07) is 14.3. The Bertz CT molecular complexity index is 897. The van der Waals surface area contributed by atoms with Gasteiger partial charge >= 0.3 is 0 Å². The van der Waals surface area contributed by atoms with Crippen molar-refractivity contribution >= 4 is 29.3 Å². The summed E-state index contributed by atoms with van der Waals surface area (Å²) < 4.78 is 0. The number of rotatable bonds is 5. The maximum absolute atomic E-state index is 12.7. The minimum Gasteiger partial charge on any atom is -0.334 e. The average Bonchev–Trinajstić information content (AvgIpc) is 2.70. The number of benzene rings is 2. The minimum atomic E-state index is -0.439. The molecule has 0 saturated carbocycles. The molecule has 3 rings (SSSR count). The second-order valence-corrected chi connectivity index (χ2v) is 7.86. The molecule has 0 spiro atoms. The normalized spacial score (nSPS) is 20.2. The Morgan fingerprint density at radius 1 is 1.10 bits per heavy atom. The molecular formula is C22H24ClN3O3. The van der Waals surface area contributed by atoms with Crippen molar-refractivity contribution in [3.05, 3.63) is 80.9 Å². The third kappa shape index (κ3) is 5.43. The fraction of sp³-hybridized carbons (Fsp3) is 0.318. The standard InChI is InChI=1S/C22H24ClN3O3/c1-16-14-25(17(2)13-24(16)15-19-3-8-20(23)9-4-19)22(27)12-7-18-5-10-21(11-6-18)26(28)29/h3-12,16-17H,13-15H2,1-2H3/t16-,17+/m0/s1. The lowest BCUT2D eigenvalue weighted by atomic mass is 10.1. The zero-order valence-electron chi connectivity index (χ0n) is 16.5. The van der Waals surface area contributed by atoms with E-state index >= 15 is 0 Å². The summed E-state index contributed by atoms with van der Waals surface area (Å²) in [5.74, 6) is -0.0474. The van der Waals surface area contributed by atoms with Crippen molar-refractivity contribution in [3.63, 3.8) is 0 Å². The smallest absolute Gasteiger partial charge is 0.269 e. The maximum atomic E-state index is 12.7. The Kier molecular flexibility index (Phi) is 6.67. The summed E-state index contributed by atoms with van der Waals surface area (Å²) >= 11 is 5.96. The van der Waals surface area contributed by atoms with Crippen LogP contribution in [0.5, 0.6) is 0 Å². The van der Waals surface area contributed by atoms with Gasteiger partial charge in [-0.05, 0) is 55.3 Å². The molecule has 1 aliphatic rings. The zero-order valence-corrected chi connectivity index (χ0v) is 17.2. The van der Waals surface area contributed by atoms with E-state index < -0.39 is 4.92 Å². The number of nitrogens with zero attached hydrogens (tertiary/aromatic N) is 3. The summed E-state index contributed by atoms with van der Waals surface area (Å²) in [4.78, 5) is 27.2. The summed E-state index contributed by atoms with van der Waals surface area (Å²) in [6.45, 7) is 6.45. The van der Waals surface area contributed by atoms with E-state index in [1.165, 1.54) is 17.7 Å². The average molecular weight is 414 g/mol. The number of carbonyl (C=O) groups is 1. The van der Waals surface area contributed by atoms with Crippen molar-refractivity contribution in [1.82, 2.24) is 9.80 Å². The Morgan fingerprint density at radius 2 is 1.76 bits per heavy atom. The first-order chi connectivity index (χ1) is 13.8. The SMILES string of the molecule is C[C@@H]1CN(Cc2ccc(Cl)cc2)[C@@H](C)CN1C(=O)C=Cc1ccc([N+](=O)[O-])cc1. The molecule has 6 nitrogen and oxygen atoms in total. The Hall–Kier alpha value is -2.70. The maximum Gasteiger partial charge on any atom is 0.269 e. The molecule has 2 aromatic carbocycles. The van der Waals surface area contributed by atoms with Crippen LogP contribution < -0.4 is 0 Å². The first kappa shape index (κ1) is 21.0. The summed E-state index contributed by atoms with van der Waals surface area (Å²) in [7, 11) is 0. The molecule has 0 bridgehead atoms. The van der Waals surface area contributed by atoms with Crippen LogP contribution >= 0.6 is 11.6 Å². The molecule has 0 aliphatic carbocycles. The van der Waals surface area contributed by atoms with Crippen molar-refractivity contribution in [2.45, 2.75) is 32.5 Å². The molecule has 0 radical (unpaired) electrons. The van der Waals surface area contributed by atoms with E-state index in [-0.39, 0.29) is 23.7 Å². The third-order valence-electron chi connectivity index (χ3n) is 5.22. The van der Waals surface area contributed by atoms with Crippen LogP contribution in [0.1, 0.15) is 25.0 Å². The van der Waals surface area contributed by atoms with Crippen molar-refractivity contribution in [1.29, 1.82) is 0 Å². The lowest BCUT2D eigenvalue weighted by Gasteiger charge is -2.44. The molecular weight excluding hydrogens is 390 g/mol. The second-order valence-electron chi connectivity index (χ2n) is 7.43. The van der Waals surface area contributed by atoms with Crippen LogP contribution in [0.15, 0.2) is 54.6 Å². The first-order valence-corrected chi connectivity index (χ1v) is 9.93. The molecule has 0 aromatic heterocycles. The van der Waals surface area contributed by atoms with Crippen LogP contribution in [0.3, 0.4) is 0 Å². The third-order valence-corrected chi connectivity index (χ3v) is 5.47. The molecule has 0 N–H and O–H groups in total. The lowest BCUT2D eigenvalue weighted by Crippen LogP contribution is -2.57. The monoisotopic (exact) mass is 413 g/mol. The molecule has 1 amide bonds. The van der Waals surface area contributed by atoms with E-state index in [9.17, 15) is 14.9 Å². The van der Waals surface area contributed by atoms with Crippen LogP contribution in [-0.4, -0.2) is 45.8 Å². The van der Waals surface area contributed by atoms with Gasteiger partial charge in [-0.25, -0.2) is 0 Å². The number of hydrogen-bond acceptors (Lipinski definition) is 4. The topological polar surface area (TPSA) is 66.7 Å². The van der Waals surface area contributed by atoms with Crippen LogP contribution in [0.25, 0.3) is 6.08 Å². The van der Waals surface area contributed by atoms with Crippen molar-refractivity contribution in [2.24, 2.45) is 0 Å². The summed E-state index contributed by atoms with van der Waals surface area (Å²) in [6.07, 6.45) is 3.24. The predicted molar refractivity (Wildman–Crippen MR) is 115 cm³/mol. The van der Waals surface area contributed by atoms with E-state index in [1.54, 1.807) is 24.3 Å². The van der Waals surface area contributed by atoms with Gasteiger partial charge in [0.05, 0.1) is 4.92 Å². The molecule has 1 saturated heterocycles. The predicted octanol–water partition coefficient (Wildman–Crippen LogP) is 4.38. The zero-order chi connectivity index (χ0) is 21.0. The van der Waals surface area contributed by atoms with Gasteiger partial charge in [0.1, 0.15) is 0 Å². The summed E-state index contributed by atoms with van der Waals surface area (Å²) in [5, 5.41) is 11.5.